The third-order valence-electron chi connectivity index (χ3n) is 5.69. The van der Waals surface area contributed by atoms with E-state index in [4.69, 9.17) is 4.74 Å². The number of carbonyl (C=O) groups excluding carboxylic acids is 2. The maximum Gasteiger partial charge on any atom is 0.260 e. The Bertz CT molecular complexity index is 848. The molecule has 158 valence electrons. The minimum absolute atomic E-state index is 0.0559. The Kier molecular flexibility index (Phi) is 6.64. The van der Waals surface area contributed by atoms with E-state index < -0.39 is 0 Å². The first-order valence-corrected chi connectivity index (χ1v) is 10.7. The fourth-order valence-electron chi connectivity index (χ4n) is 4.19. The highest BCUT2D eigenvalue weighted by Gasteiger charge is 2.24. The molecule has 6 nitrogen and oxygen atoms in total. The van der Waals surface area contributed by atoms with Gasteiger partial charge in [0.25, 0.3) is 5.91 Å². The number of amides is 2. The number of hydrogen-bond donors (Lipinski definition) is 1. The molecular formula is C24H29N3O3. The standard InChI is InChI=1S/C24H29N3O3/c28-23-17-26(16-21(25-23)14-19-6-2-1-3-7-19)15-20-8-10-22(11-9-20)30-18-24(29)27-12-4-5-13-27/h1-3,6-11,21H,4-5,12-18H2,(H,25,28)/t21-/m0/s1. The lowest BCUT2D eigenvalue weighted by Gasteiger charge is -2.33. The van der Waals surface area contributed by atoms with Crippen LogP contribution in [0.25, 0.3) is 0 Å². The molecule has 1 atom stereocenters. The van der Waals surface area contributed by atoms with E-state index in [9.17, 15) is 9.59 Å². The summed E-state index contributed by atoms with van der Waals surface area (Å²) in [5, 5.41) is 3.10. The van der Waals surface area contributed by atoms with Crippen molar-refractivity contribution >= 4 is 11.8 Å². The normalized spacial score (nSPS) is 19.5. The molecule has 2 aliphatic rings. The summed E-state index contributed by atoms with van der Waals surface area (Å²) in [7, 11) is 0. The molecule has 2 aromatic rings. The number of piperazine rings is 1. The molecule has 0 aromatic heterocycles. The van der Waals surface area contributed by atoms with Gasteiger partial charge in [-0.1, -0.05) is 42.5 Å². The minimum Gasteiger partial charge on any atom is -0.484 e. The molecule has 2 saturated heterocycles. The third-order valence-corrected chi connectivity index (χ3v) is 5.69. The smallest absolute Gasteiger partial charge is 0.260 e. The Balaban J connectivity index is 1.27. The van der Waals surface area contributed by atoms with E-state index in [1.165, 1.54) is 5.56 Å². The lowest BCUT2D eigenvalue weighted by molar-refractivity contribution is -0.132. The maximum absolute atomic E-state index is 12.2. The molecule has 0 bridgehead atoms. The highest BCUT2D eigenvalue weighted by atomic mass is 16.5. The van der Waals surface area contributed by atoms with Crippen molar-refractivity contribution in [1.29, 1.82) is 0 Å². The first-order chi connectivity index (χ1) is 14.7. The molecule has 2 heterocycles. The summed E-state index contributed by atoms with van der Waals surface area (Å²) < 4.78 is 5.66. The van der Waals surface area contributed by atoms with Gasteiger partial charge < -0.3 is 15.0 Å². The van der Waals surface area contributed by atoms with Crippen LogP contribution in [0.1, 0.15) is 24.0 Å². The number of hydrogen-bond acceptors (Lipinski definition) is 4. The van der Waals surface area contributed by atoms with Gasteiger partial charge in [0.2, 0.25) is 5.91 Å². The van der Waals surface area contributed by atoms with Crippen LogP contribution in [0.5, 0.6) is 5.75 Å². The summed E-state index contributed by atoms with van der Waals surface area (Å²) in [4.78, 5) is 28.3. The van der Waals surface area contributed by atoms with E-state index in [0.29, 0.717) is 18.8 Å². The second-order valence-electron chi connectivity index (χ2n) is 8.14. The van der Waals surface area contributed by atoms with E-state index in [2.05, 4.69) is 22.3 Å². The van der Waals surface area contributed by atoms with Crippen LogP contribution in [0.3, 0.4) is 0 Å². The van der Waals surface area contributed by atoms with Crippen molar-refractivity contribution < 1.29 is 14.3 Å². The predicted molar refractivity (Wildman–Crippen MR) is 115 cm³/mol. The molecule has 2 amide bonds. The number of rotatable bonds is 7. The van der Waals surface area contributed by atoms with E-state index in [1.807, 2.05) is 47.4 Å². The van der Waals surface area contributed by atoms with Crippen molar-refractivity contribution in [2.24, 2.45) is 0 Å². The highest BCUT2D eigenvalue weighted by molar-refractivity contribution is 5.79. The van der Waals surface area contributed by atoms with Crippen LogP contribution < -0.4 is 10.1 Å². The first-order valence-electron chi connectivity index (χ1n) is 10.7. The quantitative estimate of drug-likeness (QED) is 0.765. The van der Waals surface area contributed by atoms with Crippen molar-refractivity contribution in [3.05, 3.63) is 65.7 Å². The molecule has 1 N–H and O–H groups in total. The number of ether oxygens (including phenoxy) is 1. The van der Waals surface area contributed by atoms with Crippen LogP contribution in [-0.2, 0) is 22.6 Å². The summed E-state index contributed by atoms with van der Waals surface area (Å²) in [6.45, 7) is 3.72. The van der Waals surface area contributed by atoms with Crippen LogP contribution in [0, 0.1) is 0 Å². The van der Waals surface area contributed by atoms with Gasteiger partial charge >= 0.3 is 0 Å². The largest absolute Gasteiger partial charge is 0.484 e. The van der Waals surface area contributed by atoms with Gasteiger partial charge in [-0.2, -0.15) is 0 Å². The fraction of sp³-hybridized carbons (Fsp3) is 0.417. The Morgan fingerprint density at radius 2 is 1.73 bits per heavy atom. The first kappa shape index (κ1) is 20.4. The monoisotopic (exact) mass is 407 g/mol. The van der Waals surface area contributed by atoms with E-state index in [-0.39, 0.29) is 24.5 Å². The molecule has 0 aliphatic carbocycles. The molecule has 30 heavy (non-hydrogen) atoms. The average molecular weight is 408 g/mol. The molecular weight excluding hydrogens is 378 g/mol. The number of carbonyl (C=O) groups is 2. The zero-order chi connectivity index (χ0) is 20.8. The van der Waals surface area contributed by atoms with Crippen LogP contribution in [0.2, 0.25) is 0 Å². The Morgan fingerprint density at radius 1 is 1.00 bits per heavy atom. The second kappa shape index (κ2) is 9.76. The van der Waals surface area contributed by atoms with Crippen molar-refractivity contribution in [2.75, 3.05) is 32.8 Å². The Labute approximate surface area is 177 Å². The average Bonchev–Trinajstić information content (AvgIpc) is 3.28. The molecule has 0 spiro atoms. The van der Waals surface area contributed by atoms with E-state index in [0.717, 1.165) is 44.5 Å². The lowest BCUT2D eigenvalue weighted by Crippen LogP contribution is -2.54. The third kappa shape index (κ3) is 5.60. The van der Waals surface area contributed by atoms with Crippen LogP contribution in [-0.4, -0.2) is 60.4 Å². The van der Waals surface area contributed by atoms with Gasteiger partial charge in [0.15, 0.2) is 6.61 Å². The molecule has 0 radical (unpaired) electrons. The van der Waals surface area contributed by atoms with Crippen molar-refractivity contribution in [2.45, 2.75) is 31.8 Å². The zero-order valence-electron chi connectivity index (χ0n) is 17.3. The topological polar surface area (TPSA) is 61.9 Å². The van der Waals surface area contributed by atoms with Crippen LogP contribution in [0.15, 0.2) is 54.6 Å². The molecule has 4 rings (SSSR count). The summed E-state index contributed by atoms with van der Waals surface area (Å²) in [5.74, 6) is 0.826. The second-order valence-corrected chi connectivity index (χ2v) is 8.14. The van der Waals surface area contributed by atoms with Gasteiger partial charge in [-0.15, -0.1) is 0 Å². The molecule has 0 unspecified atom stereocenters. The zero-order valence-corrected chi connectivity index (χ0v) is 17.3. The Morgan fingerprint density at radius 3 is 2.47 bits per heavy atom. The fourth-order valence-corrected chi connectivity index (χ4v) is 4.19. The van der Waals surface area contributed by atoms with Gasteiger partial charge in [-0.25, -0.2) is 0 Å². The number of nitrogens with zero attached hydrogens (tertiary/aromatic N) is 2. The number of benzene rings is 2. The van der Waals surface area contributed by atoms with Crippen LogP contribution in [0.4, 0.5) is 0 Å². The molecule has 2 aliphatic heterocycles. The van der Waals surface area contributed by atoms with Crippen molar-refractivity contribution in [1.82, 2.24) is 15.1 Å². The van der Waals surface area contributed by atoms with Gasteiger partial charge in [-0.3, -0.25) is 14.5 Å². The van der Waals surface area contributed by atoms with Gasteiger partial charge in [-0.05, 0) is 42.5 Å². The minimum atomic E-state index is 0.0559. The summed E-state index contributed by atoms with van der Waals surface area (Å²) in [6.07, 6.45) is 3.00. The predicted octanol–water partition coefficient (Wildman–Crippen LogP) is 2.23. The number of nitrogens with one attached hydrogen (secondary N) is 1. The summed E-state index contributed by atoms with van der Waals surface area (Å²) >= 11 is 0. The highest BCUT2D eigenvalue weighted by Crippen LogP contribution is 2.16. The van der Waals surface area contributed by atoms with Gasteiger partial charge in [0.05, 0.1) is 6.54 Å². The lowest BCUT2D eigenvalue weighted by atomic mass is 10.0. The van der Waals surface area contributed by atoms with Crippen molar-refractivity contribution in [3.63, 3.8) is 0 Å². The maximum atomic E-state index is 12.2. The molecule has 2 fully saturated rings. The van der Waals surface area contributed by atoms with E-state index in [1.54, 1.807) is 0 Å². The molecule has 0 saturated carbocycles. The van der Waals surface area contributed by atoms with Gasteiger partial charge in [0, 0.05) is 32.2 Å². The Hall–Kier alpha value is -2.86. The van der Waals surface area contributed by atoms with Crippen LogP contribution >= 0.6 is 0 Å². The summed E-state index contributed by atoms with van der Waals surface area (Å²) in [5.41, 5.74) is 2.36. The molecule has 2 aromatic carbocycles. The number of likely N-dealkylation sites (tertiary alicyclic amines) is 1. The summed E-state index contributed by atoms with van der Waals surface area (Å²) in [6, 6.07) is 18.2. The molecule has 6 heteroatoms. The van der Waals surface area contributed by atoms with Gasteiger partial charge in [0.1, 0.15) is 5.75 Å². The van der Waals surface area contributed by atoms with Crippen molar-refractivity contribution in [3.8, 4) is 5.75 Å². The SMILES string of the molecule is O=C1CN(Cc2ccc(OCC(=O)N3CCCC3)cc2)C[C@H](Cc2ccccc2)N1. The van der Waals surface area contributed by atoms with E-state index >= 15 is 0 Å².